The molecule has 5 nitrogen and oxygen atoms in total. The molecule has 7 heteroatoms. The number of dihydropyridines is 1. The first kappa shape index (κ1) is 18.6. The Hall–Kier alpha value is -2.70. The molecule has 0 bridgehead atoms. The molecule has 1 aromatic rings. The van der Waals surface area contributed by atoms with E-state index in [-0.39, 0.29) is 23.3 Å². The van der Waals surface area contributed by atoms with E-state index < -0.39 is 29.5 Å². The van der Waals surface area contributed by atoms with E-state index >= 15 is 0 Å². The highest BCUT2D eigenvalue weighted by Crippen LogP contribution is 2.39. The number of rotatable bonds is 4. The van der Waals surface area contributed by atoms with Crippen LogP contribution in [0.15, 0.2) is 40.7 Å². The maximum absolute atomic E-state index is 13.7. The molecule has 1 aliphatic rings. The Kier molecular flexibility index (Phi) is 5.56. The van der Waals surface area contributed by atoms with Gasteiger partial charge in [-0.25, -0.2) is 18.4 Å². The molecule has 1 unspecified atom stereocenters. The summed E-state index contributed by atoms with van der Waals surface area (Å²) in [5.74, 6) is -3.99. The van der Waals surface area contributed by atoms with Crippen LogP contribution >= 0.6 is 0 Å². The van der Waals surface area contributed by atoms with Crippen LogP contribution in [0.4, 0.5) is 8.78 Å². The van der Waals surface area contributed by atoms with Gasteiger partial charge >= 0.3 is 11.9 Å². The molecule has 1 atom stereocenters. The first-order valence-corrected chi connectivity index (χ1v) is 7.70. The molecule has 0 amide bonds. The number of ether oxygens (including phenoxy) is 2. The predicted octanol–water partition coefficient (Wildman–Crippen LogP) is 2.94. The number of esters is 2. The first-order valence-electron chi connectivity index (χ1n) is 7.70. The monoisotopic (exact) mass is 351 g/mol. The van der Waals surface area contributed by atoms with E-state index in [9.17, 15) is 18.4 Å². The van der Waals surface area contributed by atoms with Gasteiger partial charge in [0.05, 0.1) is 30.8 Å². The molecule has 1 N–H and O–H groups in total. The molecule has 25 heavy (non-hydrogen) atoms. The molecule has 0 aliphatic carbocycles. The van der Waals surface area contributed by atoms with Crippen molar-refractivity contribution in [1.82, 2.24) is 5.32 Å². The van der Waals surface area contributed by atoms with Crippen molar-refractivity contribution in [3.05, 3.63) is 57.9 Å². The van der Waals surface area contributed by atoms with E-state index in [0.29, 0.717) is 11.4 Å². The van der Waals surface area contributed by atoms with Crippen molar-refractivity contribution < 1.29 is 27.8 Å². The molecule has 0 spiro atoms. The van der Waals surface area contributed by atoms with Crippen LogP contribution in [0, 0.1) is 11.6 Å². The third-order valence-corrected chi connectivity index (χ3v) is 3.88. The number of benzene rings is 1. The Morgan fingerprint density at radius 1 is 1.04 bits per heavy atom. The first-order chi connectivity index (χ1) is 11.8. The number of nitrogens with one attached hydrogen (secondary N) is 1. The molecule has 1 aliphatic heterocycles. The van der Waals surface area contributed by atoms with Gasteiger partial charge in [-0.2, -0.15) is 0 Å². The fourth-order valence-corrected chi connectivity index (χ4v) is 2.93. The fraction of sp³-hybridized carbons (Fsp3) is 0.333. The minimum atomic E-state index is -1.00. The average molecular weight is 351 g/mol. The molecular formula is C18H19F2NO4. The molecule has 0 radical (unpaired) electrons. The van der Waals surface area contributed by atoms with Gasteiger partial charge in [-0.3, -0.25) is 0 Å². The summed E-state index contributed by atoms with van der Waals surface area (Å²) in [6.45, 7) is 5.02. The lowest BCUT2D eigenvalue weighted by molar-refractivity contribution is -0.139. The zero-order valence-corrected chi connectivity index (χ0v) is 14.4. The summed E-state index contributed by atoms with van der Waals surface area (Å²) in [5.41, 5.74) is 1.21. The minimum absolute atomic E-state index is 0.0983. The number of carbonyl (C=O) groups excluding carboxylic acids is 2. The zero-order chi connectivity index (χ0) is 18.7. The van der Waals surface area contributed by atoms with Gasteiger partial charge in [0, 0.05) is 17.5 Å². The van der Waals surface area contributed by atoms with Gasteiger partial charge < -0.3 is 14.8 Å². The third kappa shape index (κ3) is 3.70. The summed E-state index contributed by atoms with van der Waals surface area (Å²) in [6.07, 6.45) is 0. The maximum Gasteiger partial charge on any atom is 0.336 e. The van der Waals surface area contributed by atoms with E-state index in [0.717, 1.165) is 18.2 Å². The zero-order valence-electron chi connectivity index (χ0n) is 14.4. The second-order valence-corrected chi connectivity index (χ2v) is 5.55. The van der Waals surface area contributed by atoms with Crippen LogP contribution in [-0.4, -0.2) is 25.7 Å². The summed E-state index contributed by atoms with van der Waals surface area (Å²) in [5, 5.41) is 2.93. The Balaban J connectivity index is 2.71. The average Bonchev–Trinajstić information content (AvgIpc) is 2.52. The van der Waals surface area contributed by atoms with Crippen LogP contribution in [0.3, 0.4) is 0 Å². The van der Waals surface area contributed by atoms with Crippen LogP contribution < -0.4 is 5.32 Å². The summed E-state index contributed by atoms with van der Waals surface area (Å²) in [7, 11) is 1.20. The van der Waals surface area contributed by atoms with Crippen molar-refractivity contribution in [3.63, 3.8) is 0 Å². The topological polar surface area (TPSA) is 64.6 Å². The lowest BCUT2D eigenvalue weighted by Gasteiger charge is -2.30. The summed E-state index contributed by atoms with van der Waals surface area (Å²) in [6, 6.07) is 2.89. The standard InChI is InChI=1S/C18H19F2NO4/c1-5-25-18(23)15-10(3)21-9(2)14(17(22)24-4)16(15)11-6-12(19)8-13(20)7-11/h6-8,16,21H,5H2,1-4H3. The molecule has 134 valence electrons. The Labute approximate surface area is 144 Å². The van der Waals surface area contributed by atoms with E-state index in [4.69, 9.17) is 9.47 Å². The highest BCUT2D eigenvalue weighted by molar-refractivity contribution is 5.99. The van der Waals surface area contributed by atoms with Gasteiger partial charge in [0.1, 0.15) is 11.6 Å². The van der Waals surface area contributed by atoms with Gasteiger partial charge in [0.25, 0.3) is 0 Å². The lowest BCUT2D eigenvalue weighted by Crippen LogP contribution is -2.32. The van der Waals surface area contributed by atoms with E-state index in [2.05, 4.69) is 5.32 Å². The van der Waals surface area contributed by atoms with Crippen molar-refractivity contribution in [1.29, 1.82) is 0 Å². The van der Waals surface area contributed by atoms with Crippen LogP contribution in [-0.2, 0) is 19.1 Å². The number of halogens is 2. The van der Waals surface area contributed by atoms with Crippen LogP contribution in [0.5, 0.6) is 0 Å². The van der Waals surface area contributed by atoms with E-state index in [1.807, 2.05) is 0 Å². The van der Waals surface area contributed by atoms with Crippen molar-refractivity contribution in [3.8, 4) is 0 Å². The smallest absolute Gasteiger partial charge is 0.336 e. The number of allylic oxidation sites excluding steroid dienone is 2. The van der Waals surface area contributed by atoms with Gasteiger partial charge in [-0.15, -0.1) is 0 Å². The van der Waals surface area contributed by atoms with Crippen molar-refractivity contribution in [2.24, 2.45) is 0 Å². The highest BCUT2D eigenvalue weighted by Gasteiger charge is 2.38. The van der Waals surface area contributed by atoms with Crippen LogP contribution in [0.2, 0.25) is 0 Å². The largest absolute Gasteiger partial charge is 0.466 e. The summed E-state index contributed by atoms with van der Waals surface area (Å²) >= 11 is 0. The molecule has 0 saturated heterocycles. The van der Waals surface area contributed by atoms with Crippen LogP contribution in [0.1, 0.15) is 32.3 Å². The van der Waals surface area contributed by atoms with Crippen molar-refractivity contribution in [2.45, 2.75) is 26.7 Å². The number of hydrogen-bond acceptors (Lipinski definition) is 5. The van der Waals surface area contributed by atoms with Crippen LogP contribution in [0.25, 0.3) is 0 Å². The molecule has 1 heterocycles. The van der Waals surface area contributed by atoms with Crippen molar-refractivity contribution >= 4 is 11.9 Å². The lowest BCUT2D eigenvalue weighted by atomic mass is 9.80. The molecule has 0 aromatic heterocycles. The van der Waals surface area contributed by atoms with Crippen molar-refractivity contribution in [2.75, 3.05) is 13.7 Å². The quantitative estimate of drug-likeness (QED) is 0.845. The van der Waals surface area contributed by atoms with Gasteiger partial charge in [-0.1, -0.05) is 0 Å². The maximum atomic E-state index is 13.7. The Bertz CT molecular complexity index is 763. The second kappa shape index (κ2) is 7.46. The molecule has 1 aromatic carbocycles. The number of methoxy groups -OCH3 is 1. The van der Waals surface area contributed by atoms with E-state index in [1.165, 1.54) is 7.11 Å². The van der Waals surface area contributed by atoms with Gasteiger partial charge in [0.2, 0.25) is 0 Å². The third-order valence-electron chi connectivity index (χ3n) is 3.88. The predicted molar refractivity (Wildman–Crippen MR) is 86.3 cm³/mol. The normalized spacial score (nSPS) is 17.3. The Morgan fingerprint density at radius 2 is 1.56 bits per heavy atom. The molecule has 0 saturated carbocycles. The highest BCUT2D eigenvalue weighted by atomic mass is 19.1. The Morgan fingerprint density at radius 3 is 2.04 bits per heavy atom. The van der Waals surface area contributed by atoms with Gasteiger partial charge in [0.15, 0.2) is 0 Å². The number of hydrogen-bond donors (Lipinski definition) is 1. The van der Waals surface area contributed by atoms with Gasteiger partial charge in [-0.05, 0) is 38.5 Å². The fourth-order valence-electron chi connectivity index (χ4n) is 2.93. The molecule has 2 rings (SSSR count). The minimum Gasteiger partial charge on any atom is -0.466 e. The summed E-state index contributed by atoms with van der Waals surface area (Å²) in [4.78, 5) is 24.7. The molecular weight excluding hydrogens is 332 g/mol. The summed E-state index contributed by atoms with van der Waals surface area (Å²) < 4.78 is 37.3. The van der Waals surface area contributed by atoms with E-state index in [1.54, 1.807) is 20.8 Å². The SMILES string of the molecule is CCOC(=O)C1=C(C)NC(C)=C(C(=O)OC)C1c1cc(F)cc(F)c1. The molecule has 0 fully saturated rings. The number of carbonyl (C=O) groups is 2. The second-order valence-electron chi connectivity index (χ2n) is 5.55.